The molecule has 0 spiro atoms. The van der Waals surface area contributed by atoms with Gasteiger partial charge in [0.2, 0.25) is 5.79 Å². The molecule has 1 aromatic rings. The molecule has 0 radical (unpaired) electrons. The molecule has 0 saturated carbocycles. The Morgan fingerprint density at radius 1 is 1.35 bits per heavy atom. The SMILES string of the molecule is COc1ccc(C2(CN)OCCCO2)cc1C. The van der Waals surface area contributed by atoms with Gasteiger partial charge in [-0.15, -0.1) is 0 Å². The Hall–Kier alpha value is -1.10. The van der Waals surface area contributed by atoms with Gasteiger partial charge >= 0.3 is 0 Å². The molecule has 17 heavy (non-hydrogen) atoms. The molecule has 2 rings (SSSR count). The third-order valence-electron chi connectivity index (χ3n) is 3.06. The van der Waals surface area contributed by atoms with E-state index >= 15 is 0 Å². The number of hydrogen-bond acceptors (Lipinski definition) is 4. The second kappa shape index (κ2) is 5.04. The van der Waals surface area contributed by atoms with E-state index in [9.17, 15) is 0 Å². The predicted molar refractivity (Wildman–Crippen MR) is 65.0 cm³/mol. The Kier molecular flexibility index (Phi) is 3.66. The van der Waals surface area contributed by atoms with Crippen LogP contribution in [0.3, 0.4) is 0 Å². The zero-order valence-electron chi connectivity index (χ0n) is 10.4. The molecule has 1 fully saturated rings. The molecule has 4 nitrogen and oxygen atoms in total. The maximum absolute atomic E-state index is 5.81. The summed E-state index contributed by atoms with van der Waals surface area (Å²) in [5, 5.41) is 0. The number of benzene rings is 1. The smallest absolute Gasteiger partial charge is 0.207 e. The summed E-state index contributed by atoms with van der Waals surface area (Å²) in [7, 11) is 1.66. The van der Waals surface area contributed by atoms with Crippen molar-refractivity contribution in [2.75, 3.05) is 26.9 Å². The van der Waals surface area contributed by atoms with E-state index in [0.29, 0.717) is 19.8 Å². The van der Waals surface area contributed by atoms with Gasteiger partial charge in [-0.1, -0.05) is 0 Å². The summed E-state index contributed by atoms with van der Waals surface area (Å²) in [6.07, 6.45) is 0.914. The van der Waals surface area contributed by atoms with Crippen LogP contribution in [0.2, 0.25) is 0 Å². The molecule has 1 aliphatic rings. The summed E-state index contributed by atoms with van der Waals surface area (Å²) in [5.41, 5.74) is 7.82. The van der Waals surface area contributed by atoms with Crippen LogP contribution < -0.4 is 10.5 Å². The van der Waals surface area contributed by atoms with Crippen LogP contribution in [0.1, 0.15) is 17.5 Å². The lowest BCUT2D eigenvalue weighted by Crippen LogP contribution is -2.44. The van der Waals surface area contributed by atoms with Crippen molar-refractivity contribution in [1.82, 2.24) is 0 Å². The van der Waals surface area contributed by atoms with E-state index < -0.39 is 5.79 Å². The maximum atomic E-state index is 5.81. The van der Waals surface area contributed by atoms with Gasteiger partial charge in [-0.2, -0.15) is 0 Å². The molecule has 0 bridgehead atoms. The molecule has 1 aliphatic heterocycles. The van der Waals surface area contributed by atoms with E-state index in [1.807, 2.05) is 25.1 Å². The second-order valence-corrected chi connectivity index (χ2v) is 4.19. The third-order valence-corrected chi connectivity index (χ3v) is 3.06. The van der Waals surface area contributed by atoms with E-state index in [0.717, 1.165) is 23.3 Å². The molecule has 1 aromatic carbocycles. The molecule has 0 aromatic heterocycles. The van der Waals surface area contributed by atoms with Crippen molar-refractivity contribution in [2.45, 2.75) is 19.1 Å². The Bertz CT molecular complexity index is 386. The molecule has 0 atom stereocenters. The largest absolute Gasteiger partial charge is 0.496 e. The van der Waals surface area contributed by atoms with Gasteiger partial charge in [0.05, 0.1) is 26.9 Å². The minimum Gasteiger partial charge on any atom is -0.496 e. The van der Waals surface area contributed by atoms with E-state index in [-0.39, 0.29) is 0 Å². The van der Waals surface area contributed by atoms with E-state index in [1.165, 1.54) is 0 Å². The highest BCUT2D eigenvalue weighted by Gasteiger charge is 2.35. The minimum atomic E-state index is -0.782. The molecule has 0 amide bonds. The highest BCUT2D eigenvalue weighted by molar-refractivity contribution is 5.38. The first-order valence-electron chi connectivity index (χ1n) is 5.85. The molecule has 2 N–H and O–H groups in total. The summed E-state index contributed by atoms with van der Waals surface area (Å²) < 4.78 is 16.7. The van der Waals surface area contributed by atoms with Gasteiger partial charge in [0.1, 0.15) is 5.75 Å². The maximum Gasteiger partial charge on any atom is 0.207 e. The number of ether oxygens (including phenoxy) is 3. The van der Waals surface area contributed by atoms with E-state index in [4.69, 9.17) is 19.9 Å². The average molecular weight is 237 g/mol. The average Bonchev–Trinajstić information content (AvgIpc) is 2.39. The lowest BCUT2D eigenvalue weighted by Gasteiger charge is -2.36. The summed E-state index contributed by atoms with van der Waals surface area (Å²) in [5.74, 6) is 0.0756. The first kappa shape index (κ1) is 12.4. The first-order valence-corrected chi connectivity index (χ1v) is 5.85. The van der Waals surface area contributed by atoms with Crippen molar-refractivity contribution in [3.63, 3.8) is 0 Å². The molecule has 1 saturated heterocycles. The first-order chi connectivity index (χ1) is 8.22. The van der Waals surface area contributed by atoms with Gasteiger partial charge in [0, 0.05) is 5.56 Å². The molecule has 94 valence electrons. The zero-order valence-corrected chi connectivity index (χ0v) is 10.4. The Balaban J connectivity index is 2.33. The van der Waals surface area contributed by atoms with Crippen LogP contribution in [0.25, 0.3) is 0 Å². The normalized spacial score (nSPS) is 19.0. The lowest BCUT2D eigenvalue weighted by molar-refractivity contribution is -0.269. The van der Waals surface area contributed by atoms with Crippen LogP contribution in [0.15, 0.2) is 18.2 Å². The summed E-state index contributed by atoms with van der Waals surface area (Å²) in [6, 6.07) is 5.88. The highest BCUT2D eigenvalue weighted by Crippen LogP contribution is 2.32. The van der Waals surface area contributed by atoms with Crippen LogP contribution in [-0.2, 0) is 15.3 Å². The lowest BCUT2D eigenvalue weighted by atomic mass is 10.0. The number of aryl methyl sites for hydroxylation is 1. The van der Waals surface area contributed by atoms with E-state index in [1.54, 1.807) is 7.11 Å². The van der Waals surface area contributed by atoms with Crippen LogP contribution in [0, 0.1) is 6.92 Å². The summed E-state index contributed by atoms with van der Waals surface area (Å²) >= 11 is 0. The Morgan fingerprint density at radius 3 is 2.59 bits per heavy atom. The molecular weight excluding hydrogens is 218 g/mol. The van der Waals surface area contributed by atoms with Crippen LogP contribution in [-0.4, -0.2) is 26.9 Å². The fourth-order valence-corrected chi connectivity index (χ4v) is 2.09. The quantitative estimate of drug-likeness (QED) is 0.866. The number of methoxy groups -OCH3 is 1. The van der Waals surface area contributed by atoms with Gasteiger partial charge in [0.25, 0.3) is 0 Å². The molecule has 4 heteroatoms. The fourth-order valence-electron chi connectivity index (χ4n) is 2.09. The second-order valence-electron chi connectivity index (χ2n) is 4.19. The number of nitrogens with two attached hydrogens (primary N) is 1. The Morgan fingerprint density at radius 2 is 2.06 bits per heavy atom. The van der Waals surface area contributed by atoms with Crippen LogP contribution in [0.4, 0.5) is 0 Å². The third kappa shape index (κ3) is 2.29. The van der Waals surface area contributed by atoms with Crippen molar-refractivity contribution in [3.05, 3.63) is 29.3 Å². The van der Waals surface area contributed by atoms with Crippen molar-refractivity contribution in [2.24, 2.45) is 5.73 Å². The van der Waals surface area contributed by atoms with E-state index in [2.05, 4.69) is 0 Å². The van der Waals surface area contributed by atoms with Crippen molar-refractivity contribution >= 4 is 0 Å². The van der Waals surface area contributed by atoms with Crippen LogP contribution >= 0.6 is 0 Å². The summed E-state index contributed by atoms with van der Waals surface area (Å²) in [4.78, 5) is 0. The van der Waals surface area contributed by atoms with Gasteiger partial charge < -0.3 is 19.9 Å². The van der Waals surface area contributed by atoms with Gasteiger partial charge in [0.15, 0.2) is 0 Å². The van der Waals surface area contributed by atoms with Gasteiger partial charge in [-0.3, -0.25) is 0 Å². The standard InChI is InChI=1S/C13H19NO3/c1-10-8-11(4-5-12(10)15-2)13(9-14)16-6-3-7-17-13/h4-5,8H,3,6-7,9,14H2,1-2H3. The topological polar surface area (TPSA) is 53.7 Å². The molecule has 0 aliphatic carbocycles. The highest BCUT2D eigenvalue weighted by atomic mass is 16.7. The monoisotopic (exact) mass is 237 g/mol. The number of rotatable bonds is 3. The van der Waals surface area contributed by atoms with Crippen molar-refractivity contribution in [1.29, 1.82) is 0 Å². The summed E-state index contributed by atoms with van der Waals surface area (Å²) in [6.45, 7) is 3.68. The molecule has 1 heterocycles. The van der Waals surface area contributed by atoms with Gasteiger partial charge in [-0.05, 0) is 37.1 Å². The minimum absolute atomic E-state index is 0.318. The van der Waals surface area contributed by atoms with Gasteiger partial charge in [-0.25, -0.2) is 0 Å². The Labute approximate surface area is 102 Å². The molecular formula is C13H19NO3. The molecule has 0 unspecified atom stereocenters. The van der Waals surface area contributed by atoms with Crippen molar-refractivity contribution < 1.29 is 14.2 Å². The predicted octanol–water partition coefficient (Wildman–Crippen LogP) is 1.55. The number of hydrogen-bond donors (Lipinski definition) is 1. The van der Waals surface area contributed by atoms with Crippen LogP contribution in [0.5, 0.6) is 5.75 Å². The van der Waals surface area contributed by atoms with Crippen molar-refractivity contribution in [3.8, 4) is 5.75 Å². The zero-order chi connectivity index (χ0) is 12.3. The fraction of sp³-hybridized carbons (Fsp3) is 0.538.